The van der Waals surface area contributed by atoms with Crippen LogP contribution in [0, 0.1) is 0 Å². The third kappa shape index (κ3) is 56.2. The molecule has 2 atom stereocenters. The second-order valence-corrected chi connectivity index (χ2v) is 22.2. The van der Waals surface area contributed by atoms with E-state index in [0.29, 0.717) is 12.8 Å². The zero-order valence-electron chi connectivity index (χ0n) is 46.5. The zero-order valence-corrected chi connectivity index (χ0v) is 46.5. The van der Waals surface area contributed by atoms with Gasteiger partial charge in [-0.2, -0.15) is 0 Å². The molecular formula is C63H127NO3. The maximum atomic E-state index is 12.5. The predicted octanol–water partition coefficient (Wildman–Crippen LogP) is 21.1. The molecule has 402 valence electrons. The Bertz CT molecular complexity index is 894. The van der Waals surface area contributed by atoms with E-state index >= 15 is 0 Å². The maximum Gasteiger partial charge on any atom is 0.220 e. The summed E-state index contributed by atoms with van der Waals surface area (Å²) in [7, 11) is 0. The summed E-state index contributed by atoms with van der Waals surface area (Å²) in [4.78, 5) is 12.5. The predicted molar refractivity (Wildman–Crippen MR) is 300 cm³/mol. The molecule has 0 radical (unpaired) electrons. The van der Waals surface area contributed by atoms with E-state index < -0.39 is 12.1 Å². The molecule has 0 bridgehead atoms. The average molecular weight is 947 g/mol. The van der Waals surface area contributed by atoms with Crippen molar-refractivity contribution >= 4 is 5.91 Å². The smallest absolute Gasteiger partial charge is 0.220 e. The summed E-state index contributed by atoms with van der Waals surface area (Å²) in [5.74, 6) is -0.0209. The van der Waals surface area contributed by atoms with Gasteiger partial charge in [0.1, 0.15) is 0 Å². The largest absolute Gasteiger partial charge is 0.394 e. The van der Waals surface area contributed by atoms with Crippen molar-refractivity contribution < 1.29 is 15.0 Å². The molecule has 0 heterocycles. The number of aliphatic hydroxyl groups excluding tert-OH is 2. The summed E-state index contributed by atoms with van der Waals surface area (Å²) < 4.78 is 0. The van der Waals surface area contributed by atoms with Crippen molar-refractivity contribution in [1.82, 2.24) is 5.32 Å². The molecule has 0 aliphatic carbocycles. The lowest BCUT2D eigenvalue weighted by molar-refractivity contribution is -0.123. The first-order chi connectivity index (χ1) is 33.2. The minimum Gasteiger partial charge on any atom is -0.394 e. The van der Waals surface area contributed by atoms with Crippen LogP contribution in [0.3, 0.4) is 0 Å². The summed E-state index contributed by atoms with van der Waals surface area (Å²) in [5.41, 5.74) is 0. The molecule has 0 aromatic rings. The second-order valence-electron chi connectivity index (χ2n) is 22.2. The molecule has 3 N–H and O–H groups in total. The number of carbonyl (C=O) groups excluding carboxylic acids is 1. The fourth-order valence-corrected chi connectivity index (χ4v) is 10.5. The van der Waals surface area contributed by atoms with Crippen LogP contribution in [0.5, 0.6) is 0 Å². The van der Waals surface area contributed by atoms with Crippen molar-refractivity contribution in [1.29, 1.82) is 0 Å². The molecular weight excluding hydrogens is 819 g/mol. The van der Waals surface area contributed by atoms with Gasteiger partial charge in [0, 0.05) is 6.42 Å². The number of hydrogen-bond donors (Lipinski definition) is 3. The number of unbranched alkanes of at least 4 members (excludes halogenated alkanes) is 53. The summed E-state index contributed by atoms with van der Waals surface area (Å²) in [6, 6.07) is -0.532. The fourth-order valence-electron chi connectivity index (χ4n) is 10.5. The van der Waals surface area contributed by atoms with Crippen LogP contribution in [0.4, 0.5) is 0 Å². The Morgan fingerprint density at radius 2 is 0.478 bits per heavy atom. The van der Waals surface area contributed by atoms with Gasteiger partial charge in [-0.05, 0) is 12.8 Å². The van der Waals surface area contributed by atoms with Gasteiger partial charge < -0.3 is 15.5 Å². The Hall–Kier alpha value is -0.610. The number of carbonyl (C=O) groups is 1. The molecule has 0 aromatic heterocycles. The summed E-state index contributed by atoms with van der Waals surface area (Å²) >= 11 is 0. The molecule has 0 rings (SSSR count). The van der Waals surface area contributed by atoms with Gasteiger partial charge in [0.15, 0.2) is 0 Å². The van der Waals surface area contributed by atoms with Crippen molar-refractivity contribution in [3.63, 3.8) is 0 Å². The van der Waals surface area contributed by atoms with E-state index in [4.69, 9.17) is 0 Å². The van der Waals surface area contributed by atoms with Crippen LogP contribution < -0.4 is 5.32 Å². The van der Waals surface area contributed by atoms with Gasteiger partial charge in [-0.15, -0.1) is 0 Å². The topological polar surface area (TPSA) is 69.6 Å². The highest BCUT2D eigenvalue weighted by Gasteiger charge is 2.20. The van der Waals surface area contributed by atoms with E-state index in [1.807, 2.05) is 0 Å². The van der Waals surface area contributed by atoms with Crippen molar-refractivity contribution in [2.24, 2.45) is 0 Å². The third-order valence-corrected chi connectivity index (χ3v) is 15.4. The van der Waals surface area contributed by atoms with Gasteiger partial charge in [0.2, 0.25) is 5.91 Å². The lowest BCUT2D eigenvalue weighted by Crippen LogP contribution is -2.45. The SMILES string of the molecule is CCCCCCCCCCCCCCCCCCCCCCCCCCCCCCCCCCCCCCC(=O)NC(CO)C(O)CCCCCCCCCCCCCCCCCCCCC. The van der Waals surface area contributed by atoms with Crippen LogP contribution in [0.2, 0.25) is 0 Å². The monoisotopic (exact) mass is 946 g/mol. The first kappa shape index (κ1) is 66.4. The van der Waals surface area contributed by atoms with Crippen LogP contribution in [0.25, 0.3) is 0 Å². The van der Waals surface area contributed by atoms with E-state index in [0.717, 1.165) is 25.7 Å². The second kappa shape index (κ2) is 59.7. The summed E-state index contributed by atoms with van der Waals surface area (Å²) in [6.45, 7) is 4.41. The van der Waals surface area contributed by atoms with Crippen molar-refractivity contribution in [3.8, 4) is 0 Å². The van der Waals surface area contributed by atoms with Crippen LogP contribution in [-0.4, -0.2) is 34.9 Å². The summed E-state index contributed by atoms with van der Waals surface area (Å²) in [6.07, 6.45) is 77.1. The number of amides is 1. The Labute approximate surface area is 423 Å². The first-order valence-corrected chi connectivity index (χ1v) is 31.7. The van der Waals surface area contributed by atoms with E-state index in [2.05, 4.69) is 19.2 Å². The molecule has 0 fully saturated rings. The molecule has 2 unspecified atom stereocenters. The van der Waals surface area contributed by atoms with Crippen molar-refractivity contribution in [2.75, 3.05) is 6.61 Å². The Kier molecular flexibility index (Phi) is 59.2. The molecule has 0 saturated carbocycles. The highest BCUT2D eigenvalue weighted by molar-refractivity contribution is 5.76. The summed E-state index contributed by atoms with van der Waals surface area (Å²) in [5, 5.41) is 23.4. The van der Waals surface area contributed by atoms with Gasteiger partial charge in [0.25, 0.3) is 0 Å². The first-order valence-electron chi connectivity index (χ1n) is 31.7. The number of rotatable bonds is 60. The fraction of sp³-hybridized carbons (Fsp3) is 0.984. The standard InChI is InChI=1S/C63H127NO3/c1-3-5-7-9-11-13-15-17-19-21-23-24-25-26-27-28-29-30-31-32-33-34-35-36-37-38-39-41-43-45-47-49-51-53-55-57-59-63(67)64-61(60-65)62(66)58-56-54-52-50-48-46-44-42-40-22-20-18-16-14-12-10-8-6-4-2/h61-62,65-66H,3-60H2,1-2H3,(H,64,67). The molecule has 0 aliphatic heterocycles. The lowest BCUT2D eigenvalue weighted by Gasteiger charge is -2.22. The highest BCUT2D eigenvalue weighted by atomic mass is 16.3. The molecule has 67 heavy (non-hydrogen) atoms. The number of hydrogen-bond acceptors (Lipinski definition) is 3. The van der Waals surface area contributed by atoms with Gasteiger partial charge in [-0.1, -0.05) is 361 Å². The number of aliphatic hydroxyl groups is 2. The number of nitrogens with one attached hydrogen (secondary N) is 1. The van der Waals surface area contributed by atoms with Crippen LogP contribution in [0.1, 0.15) is 380 Å². The molecule has 1 amide bonds. The van der Waals surface area contributed by atoms with Gasteiger partial charge in [-0.25, -0.2) is 0 Å². The van der Waals surface area contributed by atoms with E-state index in [1.54, 1.807) is 0 Å². The molecule has 4 nitrogen and oxygen atoms in total. The van der Waals surface area contributed by atoms with Gasteiger partial charge in [0.05, 0.1) is 18.8 Å². The maximum absolute atomic E-state index is 12.5. The Morgan fingerprint density at radius 1 is 0.299 bits per heavy atom. The van der Waals surface area contributed by atoms with E-state index in [1.165, 1.54) is 327 Å². The molecule has 0 spiro atoms. The van der Waals surface area contributed by atoms with E-state index in [-0.39, 0.29) is 12.5 Å². The average Bonchev–Trinajstić information content (AvgIpc) is 3.33. The van der Waals surface area contributed by atoms with Crippen LogP contribution in [0.15, 0.2) is 0 Å². The Morgan fingerprint density at radius 3 is 0.672 bits per heavy atom. The Balaban J connectivity index is 3.34. The van der Waals surface area contributed by atoms with Gasteiger partial charge >= 0.3 is 0 Å². The van der Waals surface area contributed by atoms with E-state index in [9.17, 15) is 15.0 Å². The minimum absolute atomic E-state index is 0.0209. The molecule has 0 saturated heterocycles. The third-order valence-electron chi connectivity index (χ3n) is 15.4. The zero-order chi connectivity index (χ0) is 48.5. The van der Waals surface area contributed by atoms with Crippen molar-refractivity contribution in [2.45, 2.75) is 392 Å². The molecule has 0 aromatic carbocycles. The van der Waals surface area contributed by atoms with Crippen molar-refractivity contribution in [3.05, 3.63) is 0 Å². The normalized spacial score (nSPS) is 12.6. The molecule has 4 heteroatoms. The minimum atomic E-state index is -0.655. The van der Waals surface area contributed by atoms with Crippen LogP contribution >= 0.6 is 0 Å². The van der Waals surface area contributed by atoms with Crippen LogP contribution in [-0.2, 0) is 4.79 Å². The van der Waals surface area contributed by atoms with Gasteiger partial charge in [-0.3, -0.25) is 4.79 Å². The lowest BCUT2D eigenvalue weighted by atomic mass is 10.0. The molecule has 0 aliphatic rings. The highest BCUT2D eigenvalue weighted by Crippen LogP contribution is 2.19. The quantitative estimate of drug-likeness (QED) is 0.0532.